The molecule has 98 valence electrons. The number of nitrogens with zero attached hydrogens (tertiary/aromatic N) is 6. The van der Waals surface area contributed by atoms with E-state index in [-0.39, 0.29) is 0 Å². The van der Waals surface area contributed by atoms with Crippen LogP contribution in [0, 0.1) is 0 Å². The van der Waals surface area contributed by atoms with Crippen LogP contribution in [0.25, 0.3) is 11.0 Å². The highest BCUT2D eigenvalue weighted by Gasteiger charge is 2.08. The molecule has 0 atom stereocenters. The van der Waals surface area contributed by atoms with Gasteiger partial charge in [-0.3, -0.25) is 0 Å². The molecule has 0 saturated heterocycles. The number of benzene rings is 1. The smallest absolute Gasteiger partial charge is 0.171 e. The highest BCUT2D eigenvalue weighted by molar-refractivity contribution is 5.74. The Morgan fingerprint density at radius 1 is 1.21 bits per heavy atom. The Kier molecular flexibility index (Phi) is 3.22. The van der Waals surface area contributed by atoms with Gasteiger partial charge in [0.25, 0.3) is 0 Å². The van der Waals surface area contributed by atoms with Crippen LogP contribution >= 0.6 is 0 Å². The summed E-state index contributed by atoms with van der Waals surface area (Å²) >= 11 is 0. The summed E-state index contributed by atoms with van der Waals surface area (Å²) in [6, 6.07) is 8.07. The van der Waals surface area contributed by atoms with Gasteiger partial charge in [0.1, 0.15) is 0 Å². The Hall–Kier alpha value is -2.24. The number of para-hydroxylation sites is 2. The van der Waals surface area contributed by atoms with Crippen molar-refractivity contribution >= 4 is 11.0 Å². The third-order valence-corrected chi connectivity index (χ3v) is 3.17. The fourth-order valence-corrected chi connectivity index (χ4v) is 2.11. The Morgan fingerprint density at radius 3 is 3.00 bits per heavy atom. The number of hydrogen-bond donors (Lipinski definition) is 0. The van der Waals surface area contributed by atoms with E-state index in [0.717, 1.165) is 36.2 Å². The summed E-state index contributed by atoms with van der Waals surface area (Å²) in [7, 11) is 0. The van der Waals surface area contributed by atoms with Crippen molar-refractivity contribution in [3.8, 4) is 0 Å². The second-order valence-corrected chi connectivity index (χ2v) is 4.53. The highest BCUT2D eigenvalue weighted by atomic mass is 15.5. The molecule has 2 aromatic heterocycles. The van der Waals surface area contributed by atoms with E-state index in [1.807, 2.05) is 29.2 Å². The van der Waals surface area contributed by atoms with Crippen LogP contribution in [0.3, 0.4) is 0 Å². The van der Waals surface area contributed by atoms with Crippen LogP contribution in [-0.4, -0.2) is 29.8 Å². The highest BCUT2D eigenvalue weighted by Crippen LogP contribution is 2.13. The van der Waals surface area contributed by atoms with Gasteiger partial charge in [-0.05, 0) is 29.0 Å². The minimum atomic E-state index is 0.650. The van der Waals surface area contributed by atoms with E-state index in [9.17, 15) is 0 Å². The summed E-state index contributed by atoms with van der Waals surface area (Å²) < 4.78 is 3.95. The van der Waals surface area contributed by atoms with Gasteiger partial charge in [-0.2, -0.15) is 0 Å². The van der Waals surface area contributed by atoms with Gasteiger partial charge >= 0.3 is 0 Å². The SMILES string of the molecule is CCCCn1nnnc1Cn1cnc2ccccc21. The lowest BCUT2D eigenvalue weighted by molar-refractivity contribution is 0.525. The number of hydrogen-bond acceptors (Lipinski definition) is 4. The third-order valence-electron chi connectivity index (χ3n) is 3.17. The number of aryl methyl sites for hydroxylation is 1. The zero-order valence-corrected chi connectivity index (χ0v) is 10.9. The summed E-state index contributed by atoms with van der Waals surface area (Å²) in [4.78, 5) is 4.38. The van der Waals surface area contributed by atoms with E-state index >= 15 is 0 Å². The van der Waals surface area contributed by atoms with Gasteiger partial charge in [0.05, 0.1) is 23.9 Å². The molecule has 2 heterocycles. The van der Waals surface area contributed by atoms with Crippen LogP contribution in [0.5, 0.6) is 0 Å². The van der Waals surface area contributed by atoms with E-state index in [4.69, 9.17) is 0 Å². The molecule has 6 nitrogen and oxygen atoms in total. The number of unbranched alkanes of at least 4 members (excludes halogenated alkanes) is 1. The fraction of sp³-hybridized carbons (Fsp3) is 0.385. The molecule has 0 spiro atoms. The first-order chi connectivity index (χ1) is 9.38. The van der Waals surface area contributed by atoms with E-state index in [1.165, 1.54) is 0 Å². The molecule has 19 heavy (non-hydrogen) atoms. The molecule has 0 aliphatic heterocycles. The normalized spacial score (nSPS) is 11.2. The molecular formula is C13H16N6. The molecule has 3 aromatic rings. The molecule has 0 amide bonds. The molecule has 0 aliphatic rings. The first-order valence-corrected chi connectivity index (χ1v) is 6.53. The van der Waals surface area contributed by atoms with Crippen LogP contribution in [0.2, 0.25) is 0 Å². The predicted molar refractivity (Wildman–Crippen MR) is 71.6 cm³/mol. The lowest BCUT2D eigenvalue weighted by Gasteiger charge is -2.05. The van der Waals surface area contributed by atoms with Crippen LogP contribution in [0.1, 0.15) is 25.6 Å². The van der Waals surface area contributed by atoms with E-state index < -0.39 is 0 Å². The number of fused-ring (bicyclic) bond motifs is 1. The van der Waals surface area contributed by atoms with Crippen molar-refractivity contribution in [2.45, 2.75) is 32.9 Å². The third kappa shape index (κ3) is 2.33. The summed E-state index contributed by atoms with van der Waals surface area (Å²) in [5.74, 6) is 0.872. The average molecular weight is 256 g/mol. The zero-order chi connectivity index (χ0) is 13.1. The van der Waals surface area contributed by atoms with E-state index in [2.05, 4.69) is 38.1 Å². The minimum Gasteiger partial charge on any atom is -0.323 e. The topological polar surface area (TPSA) is 61.4 Å². The lowest BCUT2D eigenvalue weighted by Crippen LogP contribution is -2.09. The summed E-state index contributed by atoms with van der Waals surface area (Å²) in [5, 5.41) is 11.9. The van der Waals surface area contributed by atoms with Crippen molar-refractivity contribution in [1.82, 2.24) is 29.8 Å². The molecule has 1 aromatic carbocycles. The van der Waals surface area contributed by atoms with Crippen LogP contribution < -0.4 is 0 Å². The van der Waals surface area contributed by atoms with Crippen LogP contribution in [0.4, 0.5) is 0 Å². The second kappa shape index (κ2) is 5.17. The van der Waals surface area contributed by atoms with Crippen LogP contribution in [0.15, 0.2) is 30.6 Å². The predicted octanol–water partition coefficient (Wildman–Crippen LogP) is 1.87. The standard InChI is InChI=1S/C13H16N6/c1-2-3-8-19-13(15-16-17-19)9-18-10-14-11-6-4-5-7-12(11)18/h4-7,10H,2-3,8-9H2,1H3. The molecule has 3 rings (SSSR count). The number of tetrazole rings is 1. The molecule has 0 aliphatic carbocycles. The van der Waals surface area contributed by atoms with Crippen molar-refractivity contribution in [2.24, 2.45) is 0 Å². The van der Waals surface area contributed by atoms with Gasteiger partial charge in [-0.1, -0.05) is 25.5 Å². The number of imidazole rings is 1. The summed E-state index contributed by atoms with van der Waals surface area (Å²) in [6.45, 7) is 3.68. The maximum absolute atomic E-state index is 4.38. The summed E-state index contributed by atoms with van der Waals surface area (Å²) in [6.07, 6.45) is 4.06. The van der Waals surface area contributed by atoms with Gasteiger partial charge in [0.2, 0.25) is 0 Å². The number of aromatic nitrogens is 6. The van der Waals surface area contributed by atoms with Crippen molar-refractivity contribution in [1.29, 1.82) is 0 Å². The molecule has 0 unspecified atom stereocenters. The lowest BCUT2D eigenvalue weighted by atomic mass is 10.3. The summed E-state index contributed by atoms with van der Waals surface area (Å²) in [5.41, 5.74) is 2.10. The first kappa shape index (κ1) is 11.8. The van der Waals surface area contributed by atoms with Crippen molar-refractivity contribution in [3.05, 3.63) is 36.4 Å². The van der Waals surface area contributed by atoms with E-state index in [0.29, 0.717) is 6.54 Å². The molecular weight excluding hydrogens is 240 g/mol. The molecule has 6 heteroatoms. The van der Waals surface area contributed by atoms with Gasteiger partial charge in [0, 0.05) is 6.54 Å². The Balaban J connectivity index is 1.87. The largest absolute Gasteiger partial charge is 0.323 e. The van der Waals surface area contributed by atoms with Crippen molar-refractivity contribution < 1.29 is 0 Å². The van der Waals surface area contributed by atoms with E-state index in [1.54, 1.807) is 0 Å². The van der Waals surface area contributed by atoms with Crippen molar-refractivity contribution in [3.63, 3.8) is 0 Å². The first-order valence-electron chi connectivity index (χ1n) is 6.53. The molecule has 0 radical (unpaired) electrons. The quantitative estimate of drug-likeness (QED) is 0.699. The van der Waals surface area contributed by atoms with Gasteiger partial charge in [-0.15, -0.1) is 5.10 Å². The van der Waals surface area contributed by atoms with Crippen molar-refractivity contribution in [2.75, 3.05) is 0 Å². The monoisotopic (exact) mass is 256 g/mol. The molecule has 0 bridgehead atoms. The second-order valence-electron chi connectivity index (χ2n) is 4.53. The maximum Gasteiger partial charge on any atom is 0.171 e. The molecule has 0 N–H and O–H groups in total. The fourth-order valence-electron chi connectivity index (χ4n) is 2.11. The Morgan fingerprint density at radius 2 is 2.11 bits per heavy atom. The van der Waals surface area contributed by atoms with Gasteiger partial charge in [0.15, 0.2) is 5.82 Å². The molecule has 0 fully saturated rings. The minimum absolute atomic E-state index is 0.650. The van der Waals surface area contributed by atoms with Crippen LogP contribution in [-0.2, 0) is 13.1 Å². The van der Waals surface area contributed by atoms with Gasteiger partial charge < -0.3 is 4.57 Å². The Labute approximate surface area is 111 Å². The zero-order valence-electron chi connectivity index (χ0n) is 10.9. The molecule has 0 saturated carbocycles. The average Bonchev–Trinajstić information content (AvgIpc) is 3.05. The number of rotatable bonds is 5. The Bertz CT molecular complexity index is 668. The maximum atomic E-state index is 4.38. The van der Waals surface area contributed by atoms with Gasteiger partial charge in [-0.25, -0.2) is 9.67 Å².